The molecule has 0 radical (unpaired) electrons. The zero-order valence-electron chi connectivity index (χ0n) is 12.0. The van der Waals surface area contributed by atoms with Crippen molar-refractivity contribution in [2.45, 2.75) is 58.5 Å². The molecule has 0 aliphatic heterocycles. The predicted octanol–water partition coefficient (Wildman–Crippen LogP) is 2.27. The maximum atomic E-state index is 11.6. The number of carbonyl (C=O) groups is 1. The Morgan fingerprint density at radius 3 is 2.61 bits per heavy atom. The molecular formula is C14H28N2O2. The van der Waals surface area contributed by atoms with Crippen LogP contribution >= 0.6 is 0 Å². The molecule has 2 atom stereocenters. The Morgan fingerprint density at radius 1 is 1.44 bits per heavy atom. The van der Waals surface area contributed by atoms with Gasteiger partial charge in [0.2, 0.25) is 0 Å². The molecule has 0 aromatic rings. The number of nitrogens with one attached hydrogen (secondary N) is 2. The third-order valence-electron chi connectivity index (χ3n) is 4.34. The van der Waals surface area contributed by atoms with E-state index in [4.69, 9.17) is 0 Å². The molecule has 4 heteroatoms. The predicted molar refractivity (Wildman–Crippen MR) is 73.4 cm³/mol. The van der Waals surface area contributed by atoms with Crippen molar-refractivity contribution in [1.29, 1.82) is 0 Å². The maximum absolute atomic E-state index is 11.6. The lowest BCUT2D eigenvalue weighted by atomic mass is 9.83. The number of carbonyl (C=O) groups excluding carboxylic acids is 1. The summed E-state index contributed by atoms with van der Waals surface area (Å²) in [7, 11) is 0. The minimum atomic E-state index is -0.833. The topological polar surface area (TPSA) is 61.4 Å². The Hall–Kier alpha value is -0.770. The largest absolute Gasteiger partial charge is 0.388 e. The third-order valence-corrected chi connectivity index (χ3v) is 4.34. The molecule has 0 heterocycles. The quantitative estimate of drug-likeness (QED) is 0.654. The van der Waals surface area contributed by atoms with Crippen LogP contribution in [0.25, 0.3) is 0 Å². The van der Waals surface area contributed by atoms with Crippen LogP contribution in [0.15, 0.2) is 0 Å². The van der Waals surface area contributed by atoms with Crippen molar-refractivity contribution in [2.24, 2.45) is 11.8 Å². The highest BCUT2D eigenvalue weighted by Crippen LogP contribution is 2.28. The fourth-order valence-corrected chi connectivity index (χ4v) is 2.11. The molecule has 1 aliphatic carbocycles. The second-order valence-electron chi connectivity index (χ2n) is 5.86. The van der Waals surface area contributed by atoms with Gasteiger partial charge in [0, 0.05) is 13.1 Å². The van der Waals surface area contributed by atoms with Crippen molar-refractivity contribution in [3.05, 3.63) is 0 Å². The van der Waals surface area contributed by atoms with E-state index in [1.165, 1.54) is 19.3 Å². The number of urea groups is 1. The normalized spacial score (nSPS) is 20.7. The fourth-order valence-electron chi connectivity index (χ4n) is 2.11. The first kappa shape index (κ1) is 15.3. The van der Waals surface area contributed by atoms with Crippen molar-refractivity contribution in [3.63, 3.8) is 0 Å². The van der Waals surface area contributed by atoms with Crippen molar-refractivity contribution >= 4 is 6.03 Å². The number of rotatable bonds is 7. The molecule has 1 saturated carbocycles. The van der Waals surface area contributed by atoms with Crippen molar-refractivity contribution < 1.29 is 9.90 Å². The standard InChI is InChI=1S/C14H28N2O2/c1-4-11(2)14(3,18)10-16-13(17)15-9-8-12-6-5-7-12/h11-12,18H,4-10H2,1-3H3,(H2,15,16,17). The SMILES string of the molecule is CCC(C)C(C)(O)CNC(=O)NCCC1CCC1. The molecule has 1 fully saturated rings. The second kappa shape index (κ2) is 6.98. The van der Waals surface area contributed by atoms with Crippen LogP contribution in [0.4, 0.5) is 4.79 Å². The van der Waals surface area contributed by atoms with E-state index in [0.717, 1.165) is 25.3 Å². The Morgan fingerprint density at radius 2 is 2.11 bits per heavy atom. The van der Waals surface area contributed by atoms with Crippen LogP contribution in [-0.4, -0.2) is 29.8 Å². The van der Waals surface area contributed by atoms with Crippen LogP contribution in [0.3, 0.4) is 0 Å². The average molecular weight is 256 g/mol. The average Bonchev–Trinajstić information content (AvgIpc) is 2.28. The van der Waals surface area contributed by atoms with E-state index in [2.05, 4.69) is 10.6 Å². The molecule has 3 N–H and O–H groups in total. The van der Waals surface area contributed by atoms with Gasteiger partial charge in [-0.3, -0.25) is 0 Å². The molecular weight excluding hydrogens is 228 g/mol. The molecule has 0 aromatic carbocycles. The fraction of sp³-hybridized carbons (Fsp3) is 0.929. The van der Waals surface area contributed by atoms with Crippen LogP contribution in [0, 0.1) is 11.8 Å². The highest BCUT2D eigenvalue weighted by atomic mass is 16.3. The molecule has 0 aromatic heterocycles. The van der Waals surface area contributed by atoms with E-state index in [-0.39, 0.29) is 11.9 Å². The van der Waals surface area contributed by atoms with Gasteiger partial charge in [0.1, 0.15) is 0 Å². The lowest BCUT2D eigenvalue weighted by Gasteiger charge is -2.30. The molecule has 1 aliphatic rings. The van der Waals surface area contributed by atoms with E-state index in [1.54, 1.807) is 6.92 Å². The monoisotopic (exact) mass is 256 g/mol. The summed E-state index contributed by atoms with van der Waals surface area (Å²) in [5.74, 6) is 0.987. The van der Waals surface area contributed by atoms with Gasteiger partial charge in [0.15, 0.2) is 0 Å². The van der Waals surface area contributed by atoms with E-state index in [9.17, 15) is 9.90 Å². The molecule has 4 nitrogen and oxygen atoms in total. The Bertz CT molecular complexity index is 263. The van der Waals surface area contributed by atoms with E-state index >= 15 is 0 Å². The molecule has 0 spiro atoms. The second-order valence-corrected chi connectivity index (χ2v) is 5.86. The summed E-state index contributed by atoms with van der Waals surface area (Å²) in [5, 5.41) is 15.7. The summed E-state index contributed by atoms with van der Waals surface area (Å²) in [6.45, 7) is 6.85. The van der Waals surface area contributed by atoms with Gasteiger partial charge in [-0.2, -0.15) is 0 Å². The van der Waals surface area contributed by atoms with Crippen LogP contribution in [0.2, 0.25) is 0 Å². The number of hydrogen-bond donors (Lipinski definition) is 3. The van der Waals surface area contributed by atoms with Crippen LogP contribution in [0.5, 0.6) is 0 Å². The highest BCUT2D eigenvalue weighted by molar-refractivity contribution is 5.73. The van der Waals surface area contributed by atoms with Gasteiger partial charge in [-0.25, -0.2) is 4.79 Å². The first-order valence-electron chi connectivity index (χ1n) is 7.19. The molecule has 18 heavy (non-hydrogen) atoms. The van der Waals surface area contributed by atoms with E-state index < -0.39 is 5.60 Å². The Kier molecular flexibility index (Phi) is 5.93. The summed E-state index contributed by atoms with van der Waals surface area (Å²) in [4.78, 5) is 11.6. The smallest absolute Gasteiger partial charge is 0.314 e. The molecule has 2 amide bonds. The lowest BCUT2D eigenvalue weighted by molar-refractivity contribution is 0.00790. The summed E-state index contributed by atoms with van der Waals surface area (Å²) in [5.41, 5.74) is -0.833. The zero-order valence-corrected chi connectivity index (χ0v) is 12.0. The summed E-state index contributed by atoms with van der Waals surface area (Å²) in [6, 6.07) is -0.169. The number of aliphatic hydroxyl groups is 1. The van der Waals surface area contributed by atoms with E-state index in [1.807, 2.05) is 13.8 Å². The van der Waals surface area contributed by atoms with Crippen molar-refractivity contribution in [1.82, 2.24) is 10.6 Å². The number of amides is 2. The van der Waals surface area contributed by atoms with E-state index in [0.29, 0.717) is 6.54 Å². The van der Waals surface area contributed by atoms with Gasteiger partial charge in [-0.05, 0) is 25.2 Å². The summed E-state index contributed by atoms with van der Waals surface area (Å²) < 4.78 is 0. The lowest BCUT2D eigenvalue weighted by Crippen LogP contribution is -2.48. The maximum Gasteiger partial charge on any atom is 0.314 e. The van der Waals surface area contributed by atoms with Gasteiger partial charge < -0.3 is 15.7 Å². The van der Waals surface area contributed by atoms with Gasteiger partial charge in [0.25, 0.3) is 0 Å². The Balaban J connectivity index is 2.11. The minimum Gasteiger partial charge on any atom is -0.388 e. The van der Waals surface area contributed by atoms with Crippen molar-refractivity contribution in [3.8, 4) is 0 Å². The highest BCUT2D eigenvalue weighted by Gasteiger charge is 2.27. The first-order chi connectivity index (χ1) is 8.45. The zero-order chi connectivity index (χ0) is 13.6. The van der Waals surface area contributed by atoms with Gasteiger partial charge >= 0.3 is 6.03 Å². The van der Waals surface area contributed by atoms with Crippen molar-refractivity contribution in [2.75, 3.05) is 13.1 Å². The Labute approximate surface area is 111 Å². The van der Waals surface area contributed by atoms with Crippen LogP contribution in [-0.2, 0) is 0 Å². The summed E-state index contributed by atoms with van der Waals surface area (Å²) >= 11 is 0. The molecule has 0 saturated heterocycles. The first-order valence-corrected chi connectivity index (χ1v) is 7.19. The van der Waals surface area contributed by atoms with Crippen LogP contribution < -0.4 is 10.6 Å². The van der Waals surface area contributed by atoms with Gasteiger partial charge in [-0.15, -0.1) is 0 Å². The van der Waals surface area contributed by atoms with Gasteiger partial charge in [0.05, 0.1) is 5.60 Å². The minimum absolute atomic E-state index is 0.169. The molecule has 0 bridgehead atoms. The molecule has 2 unspecified atom stereocenters. The van der Waals surface area contributed by atoms with Gasteiger partial charge in [-0.1, -0.05) is 39.5 Å². The summed E-state index contributed by atoms with van der Waals surface area (Å²) in [6.07, 6.45) is 5.94. The molecule has 106 valence electrons. The van der Waals surface area contributed by atoms with Crippen LogP contribution in [0.1, 0.15) is 52.9 Å². The third kappa shape index (κ3) is 4.84. The molecule has 1 rings (SSSR count). The number of hydrogen-bond acceptors (Lipinski definition) is 2.